The van der Waals surface area contributed by atoms with Crippen molar-refractivity contribution in [3.05, 3.63) is 46.6 Å². The van der Waals surface area contributed by atoms with Crippen LogP contribution in [-0.4, -0.2) is 14.8 Å². The van der Waals surface area contributed by atoms with Crippen LogP contribution in [0.15, 0.2) is 35.4 Å². The average Bonchev–Trinajstić information content (AvgIpc) is 2.90. The first kappa shape index (κ1) is 14.6. The predicted octanol–water partition coefficient (Wildman–Crippen LogP) is 3.46. The zero-order valence-electron chi connectivity index (χ0n) is 12.1. The van der Waals surface area contributed by atoms with Gasteiger partial charge in [-0.15, -0.1) is 0 Å². The van der Waals surface area contributed by atoms with Crippen LogP contribution in [0.3, 0.4) is 0 Å². The molecule has 108 valence electrons. The van der Waals surface area contributed by atoms with E-state index in [1.807, 2.05) is 12.1 Å². The molecule has 4 heteroatoms. The second kappa shape index (κ2) is 7.68. The van der Waals surface area contributed by atoms with E-state index in [0.717, 1.165) is 12.1 Å². The molecule has 0 saturated heterocycles. The number of nitrogens with one attached hydrogen (secondary N) is 1. The van der Waals surface area contributed by atoms with Gasteiger partial charge in [-0.3, -0.25) is 0 Å². The van der Waals surface area contributed by atoms with Gasteiger partial charge in [-0.05, 0) is 30.5 Å². The fourth-order valence-corrected chi connectivity index (χ4v) is 2.36. The molecule has 0 aliphatic heterocycles. The van der Waals surface area contributed by atoms with Gasteiger partial charge in [0.1, 0.15) is 6.33 Å². The maximum absolute atomic E-state index is 11.4. The normalized spacial score (nSPS) is 10.8. The molecule has 0 spiro atoms. The maximum Gasteiger partial charge on any atom is 0.347 e. The lowest BCUT2D eigenvalue weighted by atomic mass is 10.0. The van der Waals surface area contributed by atoms with Crippen LogP contribution in [0.1, 0.15) is 51.0 Å². The van der Waals surface area contributed by atoms with Crippen molar-refractivity contribution in [3.63, 3.8) is 0 Å². The molecule has 0 saturated carbocycles. The molecule has 0 atom stereocenters. The smallest absolute Gasteiger partial charge is 0.250 e. The van der Waals surface area contributed by atoms with E-state index in [1.165, 1.54) is 55.0 Å². The van der Waals surface area contributed by atoms with Crippen molar-refractivity contribution >= 4 is 0 Å². The van der Waals surface area contributed by atoms with Crippen LogP contribution in [0.25, 0.3) is 5.69 Å². The maximum atomic E-state index is 11.4. The Kier molecular flexibility index (Phi) is 5.59. The van der Waals surface area contributed by atoms with Gasteiger partial charge in [0.2, 0.25) is 0 Å². The van der Waals surface area contributed by atoms with Gasteiger partial charge in [-0.2, -0.15) is 5.10 Å². The second-order valence-electron chi connectivity index (χ2n) is 5.22. The van der Waals surface area contributed by atoms with E-state index in [4.69, 9.17) is 0 Å². The van der Waals surface area contributed by atoms with Crippen molar-refractivity contribution in [1.29, 1.82) is 0 Å². The van der Waals surface area contributed by atoms with Crippen LogP contribution in [0.4, 0.5) is 0 Å². The summed E-state index contributed by atoms with van der Waals surface area (Å²) < 4.78 is 1.51. The molecule has 1 N–H and O–H groups in total. The fraction of sp³-hybridized carbons (Fsp3) is 0.500. The lowest BCUT2D eigenvalue weighted by Crippen LogP contribution is -2.13. The first-order valence-corrected chi connectivity index (χ1v) is 7.52. The van der Waals surface area contributed by atoms with Crippen molar-refractivity contribution in [2.24, 2.45) is 0 Å². The average molecular weight is 273 g/mol. The number of benzene rings is 1. The van der Waals surface area contributed by atoms with Gasteiger partial charge < -0.3 is 0 Å². The third-order valence-corrected chi connectivity index (χ3v) is 3.59. The van der Waals surface area contributed by atoms with E-state index >= 15 is 0 Å². The highest BCUT2D eigenvalue weighted by Crippen LogP contribution is 2.12. The van der Waals surface area contributed by atoms with Crippen molar-refractivity contribution in [2.45, 2.75) is 51.9 Å². The predicted molar refractivity (Wildman–Crippen MR) is 81.3 cm³/mol. The minimum Gasteiger partial charge on any atom is -0.250 e. The Labute approximate surface area is 119 Å². The molecule has 0 unspecified atom stereocenters. The Hall–Kier alpha value is -1.84. The summed E-state index contributed by atoms with van der Waals surface area (Å²) in [6, 6.07) is 8.15. The van der Waals surface area contributed by atoms with E-state index in [2.05, 4.69) is 29.3 Å². The van der Waals surface area contributed by atoms with Crippen LogP contribution in [0, 0.1) is 0 Å². The Morgan fingerprint density at radius 3 is 2.40 bits per heavy atom. The molecule has 0 aliphatic rings. The fourth-order valence-electron chi connectivity index (χ4n) is 2.36. The molecular formula is C16H23N3O. The molecule has 4 nitrogen and oxygen atoms in total. The molecule has 0 bridgehead atoms. The van der Waals surface area contributed by atoms with Crippen LogP contribution in [0.5, 0.6) is 0 Å². The molecule has 1 aromatic heterocycles. The van der Waals surface area contributed by atoms with Crippen LogP contribution in [-0.2, 0) is 6.42 Å². The Balaban J connectivity index is 1.80. The molecule has 0 fully saturated rings. The monoisotopic (exact) mass is 273 g/mol. The first-order valence-electron chi connectivity index (χ1n) is 7.52. The summed E-state index contributed by atoms with van der Waals surface area (Å²) in [4.78, 5) is 11.4. The van der Waals surface area contributed by atoms with E-state index in [9.17, 15) is 4.79 Å². The molecule has 0 amide bonds. The van der Waals surface area contributed by atoms with Gasteiger partial charge in [0.15, 0.2) is 0 Å². The van der Waals surface area contributed by atoms with Crippen molar-refractivity contribution in [1.82, 2.24) is 14.8 Å². The topological polar surface area (TPSA) is 50.7 Å². The highest BCUT2D eigenvalue weighted by atomic mass is 16.1. The first-order chi connectivity index (χ1) is 9.81. The summed E-state index contributed by atoms with van der Waals surface area (Å²) in [5.74, 6) is 0. The van der Waals surface area contributed by atoms with Gasteiger partial charge in [-0.25, -0.2) is 14.5 Å². The number of rotatable bonds is 8. The number of aromatic nitrogens is 3. The van der Waals surface area contributed by atoms with Crippen LogP contribution in [0.2, 0.25) is 0 Å². The number of aromatic amines is 1. The van der Waals surface area contributed by atoms with Crippen molar-refractivity contribution in [3.8, 4) is 5.69 Å². The Bertz CT molecular complexity index is 554. The zero-order valence-corrected chi connectivity index (χ0v) is 12.1. The summed E-state index contributed by atoms with van der Waals surface area (Å²) in [6.07, 6.45) is 10.5. The van der Waals surface area contributed by atoms with Gasteiger partial charge in [-0.1, -0.05) is 51.2 Å². The molecule has 1 aromatic carbocycles. The van der Waals surface area contributed by atoms with Gasteiger partial charge >= 0.3 is 5.69 Å². The molecule has 0 radical (unpaired) electrons. The van der Waals surface area contributed by atoms with E-state index < -0.39 is 0 Å². The van der Waals surface area contributed by atoms with E-state index in [-0.39, 0.29) is 5.69 Å². The van der Waals surface area contributed by atoms with Crippen molar-refractivity contribution < 1.29 is 0 Å². The third-order valence-electron chi connectivity index (χ3n) is 3.59. The summed E-state index contributed by atoms with van der Waals surface area (Å²) >= 11 is 0. The molecule has 20 heavy (non-hydrogen) atoms. The summed E-state index contributed by atoms with van der Waals surface area (Å²) in [5, 5.41) is 6.13. The van der Waals surface area contributed by atoms with Gasteiger partial charge in [0.05, 0.1) is 5.69 Å². The number of unbranched alkanes of at least 4 members (excludes halogenated alkanes) is 5. The molecule has 0 aliphatic carbocycles. The van der Waals surface area contributed by atoms with Gasteiger partial charge in [0, 0.05) is 0 Å². The van der Waals surface area contributed by atoms with Crippen LogP contribution >= 0.6 is 0 Å². The minimum absolute atomic E-state index is 0.200. The molecule has 2 aromatic rings. The summed E-state index contributed by atoms with van der Waals surface area (Å²) in [7, 11) is 0. The highest BCUT2D eigenvalue weighted by Gasteiger charge is 2.01. The molecule has 2 rings (SSSR count). The Morgan fingerprint density at radius 2 is 1.75 bits per heavy atom. The molecular weight excluding hydrogens is 250 g/mol. The number of aryl methyl sites for hydroxylation is 1. The summed E-state index contributed by atoms with van der Waals surface area (Å²) in [5.41, 5.74) is 1.99. The van der Waals surface area contributed by atoms with Crippen LogP contribution < -0.4 is 5.69 Å². The number of nitrogens with zero attached hydrogens (tertiary/aromatic N) is 2. The highest BCUT2D eigenvalue weighted by molar-refractivity contribution is 5.34. The SMILES string of the molecule is CCCCCCCCc1ccc(-n2cn[nH]c2=O)cc1. The lowest BCUT2D eigenvalue weighted by molar-refractivity contribution is 0.607. The second-order valence-corrected chi connectivity index (χ2v) is 5.22. The standard InChI is InChI=1S/C16H23N3O/c1-2-3-4-5-6-7-8-14-9-11-15(12-10-14)19-13-17-18-16(19)20/h9-13H,2-8H2,1H3,(H,18,20). The lowest BCUT2D eigenvalue weighted by Gasteiger charge is -2.04. The Morgan fingerprint density at radius 1 is 1.05 bits per heavy atom. The number of H-pyrrole nitrogens is 1. The minimum atomic E-state index is -0.200. The number of hydrogen-bond acceptors (Lipinski definition) is 2. The number of hydrogen-bond donors (Lipinski definition) is 1. The molecule has 1 heterocycles. The van der Waals surface area contributed by atoms with E-state index in [0.29, 0.717) is 0 Å². The quantitative estimate of drug-likeness (QED) is 0.749. The summed E-state index contributed by atoms with van der Waals surface area (Å²) in [6.45, 7) is 2.24. The van der Waals surface area contributed by atoms with Gasteiger partial charge in [0.25, 0.3) is 0 Å². The van der Waals surface area contributed by atoms with E-state index in [1.54, 1.807) is 0 Å². The zero-order chi connectivity index (χ0) is 14.2. The largest absolute Gasteiger partial charge is 0.347 e. The third kappa shape index (κ3) is 4.08. The van der Waals surface area contributed by atoms with Crippen molar-refractivity contribution in [2.75, 3.05) is 0 Å².